The summed E-state index contributed by atoms with van der Waals surface area (Å²) in [6.45, 7) is 3.45. The summed E-state index contributed by atoms with van der Waals surface area (Å²) in [7, 11) is 0. The molecule has 0 aromatic heterocycles. The van der Waals surface area contributed by atoms with E-state index in [2.05, 4.69) is 22.9 Å². The van der Waals surface area contributed by atoms with Gasteiger partial charge in [-0.15, -0.1) is 0 Å². The van der Waals surface area contributed by atoms with Crippen LogP contribution in [0.2, 0.25) is 0 Å². The highest BCUT2D eigenvalue weighted by Crippen LogP contribution is 2.45. The van der Waals surface area contributed by atoms with Gasteiger partial charge >= 0.3 is 0 Å². The molecular weight excluding hydrogens is 240 g/mol. The summed E-state index contributed by atoms with van der Waals surface area (Å²) < 4.78 is 5.67. The van der Waals surface area contributed by atoms with Crippen LogP contribution in [0, 0.1) is 5.41 Å². The monoisotopic (exact) mass is 260 g/mol. The Hall–Kier alpha value is 0.440. The average Bonchev–Trinajstić information content (AvgIpc) is 2.73. The number of hydrogen-bond donors (Lipinski definition) is 0. The molecule has 0 spiro atoms. The van der Waals surface area contributed by atoms with E-state index in [0.717, 1.165) is 11.4 Å². The van der Waals surface area contributed by atoms with Gasteiger partial charge < -0.3 is 4.74 Å². The molecule has 1 nitrogen and oxygen atoms in total. The smallest absolute Gasteiger partial charge is 0.0576 e. The van der Waals surface area contributed by atoms with Gasteiger partial charge in [-0.3, -0.25) is 0 Å². The minimum Gasteiger partial charge on any atom is -0.378 e. The van der Waals surface area contributed by atoms with Gasteiger partial charge in [-0.2, -0.15) is 0 Å². The highest BCUT2D eigenvalue weighted by molar-refractivity contribution is 9.09. The first-order chi connectivity index (χ1) is 6.68. The first-order valence-corrected chi connectivity index (χ1v) is 6.85. The number of halogens is 1. The zero-order chi connectivity index (χ0) is 10.0. The van der Waals surface area contributed by atoms with Crippen LogP contribution in [-0.2, 0) is 4.74 Å². The third-order valence-corrected chi connectivity index (χ3v) is 4.65. The molecule has 14 heavy (non-hydrogen) atoms. The van der Waals surface area contributed by atoms with Crippen molar-refractivity contribution in [1.29, 1.82) is 0 Å². The van der Waals surface area contributed by atoms with E-state index in [0.29, 0.717) is 11.5 Å². The number of rotatable bonds is 3. The molecule has 1 saturated heterocycles. The van der Waals surface area contributed by atoms with E-state index < -0.39 is 0 Å². The Morgan fingerprint density at radius 1 is 1.43 bits per heavy atom. The molecule has 0 bridgehead atoms. The zero-order valence-corrected chi connectivity index (χ0v) is 10.7. The van der Waals surface area contributed by atoms with Crippen molar-refractivity contribution >= 4 is 15.9 Å². The molecule has 2 rings (SSSR count). The Balaban J connectivity index is 1.73. The number of hydrogen-bond acceptors (Lipinski definition) is 1. The fourth-order valence-electron chi connectivity index (χ4n) is 2.85. The quantitative estimate of drug-likeness (QED) is 0.700. The average molecular weight is 261 g/mol. The van der Waals surface area contributed by atoms with Crippen molar-refractivity contribution in [3.05, 3.63) is 0 Å². The van der Waals surface area contributed by atoms with E-state index in [9.17, 15) is 0 Å². The van der Waals surface area contributed by atoms with Crippen LogP contribution in [0.1, 0.15) is 51.9 Å². The summed E-state index contributed by atoms with van der Waals surface area (Å²) in [6, 6.07) is 0. The van der Waals surface area contributed by atoms with Crippen molar-refractivity contribution in [3.63, 3.8) is 0 Å². The molecule has 2 fully saturated rings. The molecule has 3 unspecified atom stereocenters. The van der Waals surface area contributed by atoms with Crippen LogP contribution in [0.25, 0.3) is 0 Å². The minimum absolute atomic E-state index is 0.584. The topological polar surface area (TPSA) is 9.23 Å². The summed E-state index contributed by atoms with van der Waals surface area (Å²) in [4.78, 5) is 0.775. The van der Waals surface area contributed by atoms with Crippen LogP contribution in [0.15, 0.2) is 0 Å². The van der Waals surface area contributed by atoms with Crippen molar-refractivity contribution in [2.45, 2.75) is 62.8 Å². The zero-order valence-electron chi connectivity index (χ0n) is 9.10. The van der Waals surface area contributed by atoms with Gasteiger partial charge in [0.15, 0.2) is 0 Å². The second-order valence-corrected chi connectivity index (χ2v) is 6.62. The summed E-state index contributed by atoms with van der Waals surface area (Å²) in [5.41, 5.74) is 0.597. The summed E-state index contributed by atoms with van der Waals surface area (Å²) in [6.07, 6.45) is 9.94. The predicted molar refractivity (Wildman–Crippen MR) is 62.9 cm³/mol. The summed E-state index contributed by atoms with van der Waals surface area (Å²) >= 11 is 3.74. The molecular formula is C12H21BrO. The van der Waals surface area contributed by atoms with Gasteiger partial charge in [-0.05, 0) is 50.4 Å². The van der Waals surface area contributed by atoms with E-state index in [4.69, 9.17) is 4.74 Å². The Kier molecular flexibility index (Phi) is 3.54. The highest BCUT2D eigenvalue weighted by Gasteiger charge is 2.34. The molecule has 2 aliphatic rings. The van der Waals surface area contributed by atoms with E-state index in [1.807, 2.05) is 0 Å². The fourth-order valence-corrected chi connectivity index (χ4v) is 3.86. The second kappa shape index (κ2) is 4.52. The molecule has 1 heterocycles. The largest absolute Gasteiger partial charge is 0.378 e. The third kappa shape index (κ3) is 2.73. The lowest BCUT2D eigenvalue weighted by Gasteiger charge is -2.25. The molecule has 1 aliphatic carbocycles. The Bertz CT molecular complexity index is 189. The van der Waals surface area contributed by atoms with Gasteiger partial charge in [-0.1, -0.05) is 22.9 Å². The second-order valence-electron chi connectivity index (χ2n) is 5.32. The van der Waals surface area contributed by atoms with Crippen LogP contribution in [0.3, 0.4) is 0 Å². The van der Waals surface area contributed by atoms with Gasteiger partial charge in [0.05, 0.1) is 6.10 Å². The van der Waals surface area contributed by atoms with Gasteiger partial charge in [0.25, 0.3) is 0 Å². The molecule has 0 aromatic carbocycles. The van der Waals surface area contributed by atoms with E-state index in [-0.39, 0.29) is 0 Å². The first kappa shape index (κ1) is 10.9. The normalized spacial score (nSPS) is 43.3. The Morgan fingerprint density at radius 3 is 2.86 bits per heavy atom. The maximum Gasteiger partial charge on any atom is 0.0576 e. The summed E-state index contributed by atoms with van der Waals surface area (Å²) in [5, 5.41) is 0. The molecule has 0 radical (unpaired) electrons. The predicted octanol–water partition coefficient (Wildman–Crippen LogP) is 3.90. The molecule has 82 valence electrons. The standard InChI is InChI=1S/C12H21BrO/c1-12(6-4-10(13)9-12)7-5-11-3-2-8-14-11/h10-11H,2-9H2,1H3. The fraction of sp³-hybridized carbons (Fsp3) is 1.00. The van der Waals surface area contributed by atoms with E-state index in [1.54, 1.807) is 0 Å². The molecule has 1 aliphatic heterocycles. The molecule has 3 atom stereocenters. The van der Waals surface area contributed by atoms with Crippen molar-refractivity contribution in [2.75, 3.05) is 6.61 Å². The van der Waals surface area contributed by atoms with Gasteiger partial charge in [0.2, 0.25) is 0 Å². The molecule has 2 heteroatoms. The molecule has 0 aromatic rings. The lowest BCUT2D eigenvalue weighted by molar-refractivity contribution is 0.0903. The van der Waals surface area contributed by atoms with Crippen LogP contribution in [-0.4, -0.2) is 17.5 Å². The van der Waals surface area contributed by atoms with Crippen molar-refractivity contribution in [1.82, 2.24) is 0 Å². The number of alkyl halides is 1. The van der Waals surface area contributed by atoms with Crippen LogP contribution in [0.5, 0.6) is 0 Å². The Morgan fingerprint density at radius 2 is 2.29 bits per heavy atom. The minimum atomic E-state index is 0.584. The van der Waals surface area contributed by atoms with Gasteiger partial charge in [0.1, 0.15) is 0 Å². The van der Waals surface area contributed by atoms with Crippen molar-refractivity contribution < 1.29 is 4.74 Å². The first-order valence-electron chi connectivity index (χ1n) is 5.94. The Labute approximate surface area is 95.7 Å². The molecule has 0 amide bonds. The van der Waals surface area contributed by atoms with Crippen LogP contribution in [0.4, 0.5) is 0 Å². The van der Waals surface area contributed by atoms with Crippen LogP contribution >= 0.6 is 15.9 Å². The lowest BCUT2D eigenvalue weighted by Crippen LogP contribution is -2.16. The molecule has 0 N–H and O–H groups in total. The molecule has 1 saturated carbocycles. The highest BCUT2D eigenvalue weighted by atomic mass is 79.9. The maximum absolute atomic E-state index is 5.67. The van der Waals surface area contributed by atoms with Gasteiger partial charge in [0, 0.05) is 11.4 Å². The lowest BCUT2D eigenvalue weighted by atomic mass is 9.83. The number of ether oxygens (including phenoxy) is 1. The van der Waals surface area contributed by atoms with Crippen LogP contribution < -0.4 is 0 Å². The SMILES string of the molecule is CC1(CCC2CCCO2)CCC(Br)C1. The van der Waals surface area contributed by atoms with Crippen molar-refractivity contribution in [3.8, 4) is 0 Å². The van der Waals surface area contributed by atoms with E-state index in [1.165, 1.54) is 44.9 Å². The van der Waals surface area contributed by atoms with Gasteiger partial charge in [-0.25, -0.2) is 0 Å². The van der Waals surface area contributed by atoms with Crippen molar-refractivity contribution in [2.24, 2.45) is 5.41 Å². The summed E-state index contributed by atoms with van der Waals surface area (Å²) in [5.74, 6) is 0. The van der Waals surface area contributed by atoms with E-state index >= 15 is 0 Å². The maximum atomic E-state index is 5.67. The third-order valence-electron chi connectivity index (χ3n) is 3.87.